The summed E-state index contributed by atoms with van der Waals surface area (Å²) in [6.45, 7) is 0. The van der Waals surface area contributed by atoms with E-state index in [1.165, 1.54) is 12.1 Å². The molecule has 1 aromatic heterocycles. The van der Waals surface area contributed by atoms with Gasteiger partial charge in [0.25, 0.3) is 0 Å². The minimum absolute atomic E-state index is 0.0433. The lowest BCUT2D eigenvalue weighted by molar-refractivity contribution is -0.136. The van der Waals surface area contributed by atoms with Crippen LogP contribution < -0.4 is 0 Å². The summed E-state index contributed by atoms with van der Waals surface area (Å²) in [5.41, 5.74) is 0.836. The van der Waals surface area contributed by atoms with E-state index in [2.05, 4.69) is 9.97 Å². The molecule has 2 aromatic rings. The molecule has 1 aromatic carbocycles. The van der Waals surface area contributed by atoms with Gasteiger partial charge in [0.15, 0.2) is 0 Å². The van der Waals surface area contributed by atoms with Crippen LogP contribution in [-0.2, 0) is 11.2 Å². The Hall–Kier alpha value is -1.62. The number of fused-ring (bicyclic) bond motifs is 1. The van der Waals surface area contributed by atoms with Gasteiger partial charge in [0.05, 0.1) is 11.9 Å². The van der Waals surface area contributed by atoms with E-state index >= 15 is 0 Å². The van der Waals surface area contributed by atoms with Crippen molar-refractivity contribution in [2.45, 2.75) is 6.42 Å². The molecule has 15 heavy (non-hydrogen) atoms. The summed E-state index contributed by atoms with van der Waals surface area (Å²) >= 11 is 5.58. The molecular formula is C9H6ClFN2O2. The highest BCUT2D eigenvalue weighted by molar-refractivity contribution is 6.29. The number of halogens is 2. The van der Waals surface area contributed by atoms with Crippen molar-refractivity contribution in [3.63, 3.8) is 0 Å². The van der Waals surface area contributed by atoms with E-state index in [1.807, 2.05) is 0 Å². The number of hydrogen-bond donors (Lipinski definition) is 2. The second kappa shape index (κ2) is 3.51. The number of carboxylic acid groups (broad SMARTS) is 1. The summed E-state index contributed by atoms with van der Waals surface area (Å²) < 4.78 is 13.2. The molecule has 2 rings (SSSR count). The monoisotopic (exact) mass is 228 g/mol. The van der Waals surface area contributed by atoms with Gasteiger partial charge >= 0.3 is 5.97 Å². The van der Waals surface area contributed by atoms with Gasteiger partial charge in [-0.25, -0.2) is 9.37 Å². The number of aromatic nitrogens is 2. The van der Waals surface area contributed by atoms with Crippen LogP contribution in [0.4, 0.5) is 4.39 Å². The summed E-state index contributed by atoms with van der Waals surface area (Å²) in [6.07, 6.45) is -0.210. The first-order valence-corrected chi connectivity index (χ1v) is 4.50. The topological polar surface area (TPSA) is 66.0 Å². The van der Waals surface area contributed by atoms with Crippen LogP contribution in [0.1, 0.15) is 5.56 Å². The van der Waals surface area contributed by atoms with E-state index in [1.54, 1.807) is 0 Å². The molecule has 0 aliphatic carbocycles. The maximum atomic E-state index is 13.2. The van der Waals surface area contributed by atoms with Crippen LogP contribution in [0, 0.1) is 5.82 Å². The lowest BCUT2D eigenvalue weighted by Gasteiger charge is -1.98. The fourth-order valence-corrected chi connectivity index (χ4v) is 1.57. The number of H-pyrrole nitrogens is 1. The molecule has 0 bridgehead atoms. The van der Waals surface area contributed by atoms with E-state index in [0.29, 0.717) is 5.56 Å². The number of nitrogens with zero attached hydrogens (tertiary/aromatic N) is 1. The average Bonchev–Trinajstić information content (AvgIpc) is 2.52. The van der Waals surface area contributed by atoms with Crippen LogP contribution in [-0.4, -0.2) is 21.0 Å². The Balaban J connectivity index is 2.65. The van der Waals surface area contributed by atoms with E-state index in [-0.39, 0.29) is 22.7 Å². The number of imidazole rings is 1. The smallest absolute Gasteiger partial charge is 0.307 e. The van der Waals surface area contributed by atoms with Gasteiger partial charge < -0.3 is 10.1 Å². The molecule has 6 heteroatoms. The van der Waals surface area contributed by atoms with E-state index in [0.717, 1.165) is 0 Å². The molecule has 78 valence electrons. The number of aromatic amines is 1. The fourth-order valence-electron chi connectivity index (χ4n) is 1.39. The zero-order valence-electron chi connectivity index (χ0n) is 7.42. The van der Waals surface area contributed by atoms with Crippen molar-refractivity contribution >= 4 is 28.6 Å². The van der Waals surface area contributed by atoms with Crippen molar-refractivity contribution in [3.05, 3.63) is 28.8 Å². The largest absolute Gasteiger partial charge is 0.481 e. The maximum Gasteiger partial charge on any atom is 0.307 e. The molecule has 0 amide bonds. The number of nitrogens with one attached hydrogen (secondary N) is 1. The second-order valence-electron chi connectivity index (χ2n) is 3.03. The van der Waals surface area contributed by atoms with Crippen molar-refractivity contribution < 1.29 is 14.3 Å². The molecule has 0 saturated heterocycles. The van der Waals surface area contributed by atoms with Crippen molar-refractivity contribution in [1.29, 1.82) is 0 Å². The van der Waals surface area contributed by atoms with E-state index in [9.17, 15) is 9.18 Å². The molecule has 4 nitrogen and oxygen atoms in total. The van der Waals surface area contributed by atoms with Crippen LogP contribution >= 0.6 is 11.6 Å². The molecule has 0 saturated carbocycles. The highest BCUT2D eigenvalue weighted by Gasteiger charge is 2.12. The molecule has 0 fully saturated rings. The zero-order valence-corrected chi connectivity index (χ0v) is 8.18. The third-order valence-electron chi connectivity index (χ3n) is 1.99. The van der Waals surface area contributed by atoms with E-state index in [4.69, 9.17) is 16.7 Å². The second-order valence-corrected chi connectivity index (χ2v) is 3.39. The number of benzene rings is 1. The number of hydrogen-bond acceptors (Lipinski definition) is 2. The van der Waals surface area contributed by atoms with Crippen LogP contribution in [0.5, 0.6) is 0 Å². The standard InChI is InChI=1S/C9H6ClFN2O2/c10-9-12-7-4(3-6(14)15)1-2-5(11)8(7)13-9/h1-2H,3H2,(H,12,13)(H,14,15). The molecule has 0 atom stereocenters. The van der Waals surface area contributed by atoms with Gasteiger partial charge in [-0.1, -0.05) is 6.07 Å². The first-order chi connectivity index (χ1) is 7.08. The Morgan fingerprint density at radius 2 is 2.33 bits per heavy atom. The third kappa shape index (κ3) is 1.78. The Morgan fingerprint density at radius 3 is 3.00 bits per heavy atom. The number of aliphatic carboxylic acids is 1. The third-order valence-corrected chi connectivity index (χ3v) is 2.17. The fraction of sp³-hybridized carbons (Fsp3) is 0.111. The van der Waals surface area contributed by atoms with Crippen molar-refractivity contribution in [2.24, 2.45) is 0 Å². The maximum absolute atomic E-state index is 13.2. The van der Waals surface area contributed by atoms with Gasteiger partial charge in [0, 0.05) is 0 Å². The quantitative estimate of drug-likeness (QED) is 0.826. The molecule has 0 radical (unpaired) electrons. The van der Waals surface area contributed by atoms with Crippen molar-refractivity contribution in [3.8, 4) is 0 Å². The Bertz CT molecular complexity index is 538. The summed E-state index contributed by atoms with van der Waals surface area (Å²) in [4.78, 5) is 16.9. The SMILES string of the molecule is O=C(O)Cc1ccc(F)c2[nH]c(Cl)nc12. The van der Waals surface area contributed by atoms with Crippen LogP contribution in [0.2, 0.25) is 5.28 Å². The molecule has 0 aliphatic heterocycles. The molecule has 0 aliphatic rings. The van der Waals surface area contributed by atoms with Crippen molar-refractivity contribution in [1.82, 2.24) is 9.97 Å². The summed E-state index contributed by atoms with van der Waals surface area (Å²) in [6, 6.07) is 2.58. The minimum atomic E-state index is -0.998. The van der Waals surface area contributed by atoms with Gasteiger partial charge in [-0.15, -0.1) is 0 Å². The number of carboxylic acids is 1. The van der Waals surface area contributed by atoms with Gasteiger partial charge in [0.1, 0.15) is 11.3 Å². The Labute approximate surface area is 88.7 Å². The molecular weight excluding hydrogens is 223 g/mol. The van der Waals surface area contributed by atoms with Gasteiger partial charge in [-0.3, -0.25) is 4.79 Å². The zero-order chi connectivity index (χ0) is 11.0. The van der Waals surface area contributed by atoms with Crippen LogP contribution in [0.15, 0.2) is 12.1 Å². The van der Waals surface area contributed by atoms with Gasteiger partial charge in [-0.05, 0) is 23.2 Å². The predicted molar refractivity (Wildman–Crippen MR) is 52.4 cm³/mol. The molecule has 0 spiro atoms. The number of rotatable bonds is 2. The lowest BCUT2D eigenvalue weighted by atomic mass is 10.1. The lowest BCUT2D eigenvalue weighted by Crippen LogP contribution is -2.01. The summed E-state index contributed by atoms with van der Waals surface area (Å²) in [5, 5.41) is 8.68. The summed E-state index contributed by atoms with van der Waals surface area (Å²) in [5.74, 6) is -1.50. The Kier molecular flexibility index (Phi) is 2.32. The average molecular weight is 229 g/mol. The van der Waals surface area contributed by atoms with Gasteiger partial charge in [0.2, 0.25) is 5.28 Å². The summed E-state index contributed by atoms with van der Waals surface area (Å²) in [7, 11) is 0. The molecule has 1 heterocycles. The first-order valence-electron chi connectivity index (χ1n) is 4.12. The first kappa shape index (κ1) is 9.92. The normalized spacial score (nSPS) is 10.8. The van der Waals surface area contributed by atoms with Crippen LogP contribution in [0.3, 0.4) is 0 Å². The highest BCUT2D eigenvalue weighted by atomic mass is 35.5. The number of carbonyl (C=O) groups is 1. The van der Waals surface area contributed by atoms with Crippen LogP contribution in [0.25, 0.3) is 11.0 Å². The molecule has 2 N–H and O–H groups in total. The highest BCUT2D eigenvalue weighted by Crippen LogP contribution is 2.22. The minimum Gasteiger partial charge on any atom is -0.481 e. The van der Waals surface area contributed by atoms with Crippen molar-refractivity contribution in [2.75, 3.05) is 0 Å². The molecule has 0 unspecified atom stereocenters. The predicted octanol–water partition coefficient (Wildman–Crippen LogP) is 1.98. The van der Waals surface area contributed by atoms with Gasteiger partial charge in [-0.2, -0.15) is 0 Å². The van der Waals surface area contributed by atoms with E-state index < -0.39 is 11.8 Å². The Morgan fingerprint density at radius 1 is 1.60 bits per heavy atom.